The fourth-order valence-corrected chi connectivity index (χ4v) is 7.26. The number of carbonyl (C=O) groups is 2. The van der Waals surface area contributed by atoms with Crippen LogP contribution in [0.1, 0.15) is 60.8 Å². The minimum Gasteiger partial charge on any atom is -0.493 e. The van der Waals surface area contributed by atoms with Crippen molar-refractivity contribution in [1.82, 2.24) is 9.80 Å². The van der Waals surface area contributed by atoms with E-state index in [1.54, 1.807) is 37.3 Å². The highest BCUT2D eigenvalue weighted by Crippen LogP contribution is 2.42. The van der Waals surface area contributed by atoms with Crippen LogP contribution in [0.3, 0.4) is 0 Å². The number of methoxy groups -OCH3 is 5. The first-order chi connectivity index (χ1) is 26.8. The Hall–Kier alpha value is -4.94. The highest BCUT2D eigenvalue weighted by atomic mass is 16.5. The Morgan fingerprint density at radius 1 is 0.836 bits per heavy atom. The van der Waals surface area contributed by atoms with Crippen LogP contribution in [0.2, 0.25) is 0 Å². The number of likely N-dealkylation sites (tertiary alicyclic amines) is 1. The van der Waals surface area contributed by atoms with Gasteiger partial charge < -0.3 is 42.8 Å². The van der Waals surface area contributed by atoms with E-state index in [9.17, 15) is 9.59 Å². The number of esters is 1. The summed E-state index contributed by atoms with van der Waals surface area (Å²) in [4.78, 5) is 32.9. The zero-order chi connectivity index (χ0) is 39.2. The summed E-state index contributed by atoms with van der Waals surface area (Å²) in [6.07, 6.45) is 4.60. The van der Waals surface area contributed by atoms with Crippen LogP contribution < -0.4 is 28.4 Å². The molecule has 0 N–H and O–H groups in total. The van der Waals surface area contributed by atoms with Gasteiger partial charge in [0.15, 0.2) is 23.0 Å². The number of allylic oxidation sites excluding steroid dienone is 1. The Morgan fingerprint density at radius 2 is 1.56 bits per heavy atom. The number of hydrogen-bond acceptors (Lipinski definition) is 11. The van der Waals surface area contributed by atoms with Crippen molar-refractivity contribution >= 4 is 11.9 Å². The summed E-state index contributed by atoms with van der Waals surface area (Å²) in [6.45, 7) is 8.90. The molecule has 2 heterocycles. The molecule has 1 amide bonds. The van der Waals surface area contributed by atoms with Crippen LogP contribution in [0.15, 0.2) is 67.3 Å². The maximum atomic E-state index is 14.5. The number of nitrogens with zero attached hydrogens (tertiary/aromatic N) is 2. The molecule has 0 saturated carbocycles. The fraction of sp³-hybridized carbons (Fsp3) is 0.488. The van der Waals surface area contributed by atoms with Gasteiger partial charge in [-0.05, 0) is 91.6 Å². The van der Waals surface area contributed by atoms with E-state index in [4.69, 9.17) is 37.9 Å². The molecule has 0 aromatic heterocycles. The van der Waals surface area contributed by atoms with Crippen LogP contribution in [-0.4, -0.2) is 109 Å². The van der Waals surface area contributed by atoms with Crippen molar-refractivity contribution in [2.24, 2.45) is 0 Å². The van der Waals surface area contributed by atoms with Crippen LogP contribution >= 0.6 is 0 Å². The lowest BCUT2D eigenvalue weighted by atomic mass is 9.91. The van der Waals surface area contributed by atoms with Crippen molar-refractivity contribution in [1.29, 1.82) is 0 Å². The third-order valence-corrected chi connectivity index (χ3v) is 10.3. The minimum absolute atomic E-state index is 0.187. The molecule has 2 fully saturated rings. The topological polar surface area (TPSA) is 114 Å². The lowest BCUT2D eigenvalue weighted by Crippen LogP contribution is -2.50. The molecule has 12 nitrogen and oxygen atoms in total. The van der Waals surface area contributed by atoms with Crippen molar-refractivity contribution in [2.75, 3.05) is 81.5 Å². The number of hydrogen-bond donors (Lipinski definition) is 0. The van der Waals surface area contributed by atoms with E-state index in [-0.39, 0.29) is 5.91 Å². The van der Waals surface area contributed by atoms with Crippen molar-refractivity contribution < 1.29 is 47.5 Å². The van der Waals surface area contributed by atoms with Crippen molar-refractivity contribution in [3.63, 3.8) is 0 Å². The number of amides is 1. The molecular formula is C43H56N2O10. The number of piperidine rings is 1. The molecule has 2 saturated heterocycles. The molecule has 3 aromatic rings. The summed E-state index contributed by atoms with van der Waals surface area (Å²) < 4.78 is 45.8. The van der Waals surface area contributed by atoms with Gasteiger partial charge in [-0.1, -0.05) is 24.3 Å². The summed E-state index contributed by atoms with van der Waals surface area (Å²) in [5.41, 5.74) is 2.49. The molecule has 5 rings (SSSR count). The normalized spacial score (nSPS) is 17.0. The maximum Gasteiger partial charge on any atom is 0.329 e. The predicted octanol–water partition coefficient (Wildman–Crippen LogP) is 6.40. The number of benzene rings is 3. The third kappa shape index (κ3) is 10.6. The molecule has 55 heavy (non-hydrogen) atoms. The number of morpholine rings is 1. The van der Waals surface area contributed by atoms with Gasteiger partial charge in [0.25, 0.3) is 0 Å². The SMILES string of the molecule is C=CCC(C(=O)N1CCCC[C@H]1C(=O)OC(CCc1ccc(OC)c(OC)c1)c1cccc(OCCN2CCOCC2)c1)c1cc(OC)c(OC)c(OC)c1. The second-order valence-electron chi connectivity index (χ2n) is 13.6. The summed E-state index contributed by atoms with van der Waals surface area (Å²) in [5.74, 6) is 2.03. The molecule has 298 valence electrons. The number of aryl methyl sites for hydroxylation is 1. The average molecular weight is 761 g/mol. The quantitative estimate of drug-likeness (QED) is 0.1000. The lowest BCUT2D eigenvalue weighted by Gasteiger charge is -2.37. The van der Waals surface area contributed by atoms with Gasteiger partial charge in [0.05, 0.1) is 54.7 Å². The monoisotopic (exact) mass is 760 g/mol. The zero-order valence-electron chi connectivity index (χ0n) is 32.9. The lowest BCUT2D eigenvalue weighted by molar-refractivity contribution is -0.162. The van der Waals surface area contributed by atoms with E-state index in [0.717, 1.165) is 56.8 Å². The van der Waals surface area contributed by atoms with E-state index in [0.29, 0.717) is 78.9 Å². The molecule has 3 aromatic carbocycles. The van der Waals surface area contributed by atoms with Gasteiger partial charge in [-0.25, -0.2) is 4.79 Å². The minimum atomic E-state index is -0.757. The van der Waals surface area contributed by atoms with Crippen LogP contribution in [0.4, 0.5) is 0 Å². The molecule has 2 unspecified atom stereocenters. The van der Waals surface area contributed by atoms with E-state index in [1.807, 2.05) is 42.5 Å². The number of carbonyl (C=O) groups excluding carboxylic acids is 2. The molecule has 0 spiro atoms. The van der Waals surface area contributed by atoms with Gasteiger partial charge in [0.2, 0.25) is 11.7 Å². The Kier molecular flexibility index (Phi) is 15.5. The van der Waals surface area contributed by atoms with Gasteiger partial charge in [0, 0.05) is 26.2 Å². The van der Waals surface area contributed by atoms with E-state index < -0.39 is 24.0 Å². The summed E-state index contributed by atoms with van der Waals surface area (Å²) in [6, 6.07) is 16.3. The maximum absolute atomic E-state index is 14.5. The second-order valence-corrected chi connectivity index (χ2v) is 13.6. The summed E-state index contributed by atoms with van der Waals surface area (Å²) in [7, 11) is 7.82. The van der Waals surface area contributed by atoms with Crippen molar-refractivity contribution in [2.45, 2.75) is 56.6 Å². The molecular weight excluding hydrogens is 704 g/mol. The average Bonchev–Trinajstić information content (AvgIpc) is 3.23. The second kappa shape index (κ2) is 20.7. The summed E-state index contributed by atoms with van der Waals surface area (Å²) in [5, 5.41) is 0. The van der Waals surface area contributed by atoms with Gasteiger partial charge >= 0.3 is 5.97 Å². The molecule has 12 heteroatoms. The van der Waals surface area contributed by atoms with Crippen LogP contribution in [-0.2, 0) is 25.5 Å². The van der Waals surface area contributed by atoms with Crippen LogP contribution in [0.25, 0.3) is 0 Å². The van der Waals surface area contributed by atoms with Crippen molar-refractivity contribution in [3.05, 3.63) is 83.9 Å². The van der Waals surface area contributed by atoms with Crippen LogP contribution in [0, 0.1) is 0 Å². The van der Waals surface area contributed by atoms with Gasteiger partial charge in [-0.2, -0.15) is 0 Å². The molecule has 0 bridgehead atoms. The standard InChI is InChI=1S/C43H56N2O10/c1-7-11-34(32-28-39(50-4)41(52-6)40(29-32)51-5)42(46)45-19-9-8-14-35(45)43(47)55-36(17-15-30-16-18-37(48-2)38(26-30)49-3)31-12-10-13-33(27-31)54-25-22-44-20-23-53-24-21-44/h7,10,12-13,16,18,26-29,34-36H,1,8-9,11,14-15,17,19-25H2,2-6H3/t34?,35-,36?/m0/s1. The highest BCUT2D eigenvalue weighted by molar-refractivity contribution is 5.89. The Morgan fingerprint density at radius 3 is 2.24 bits per heavy atom. The first-order valence-electron chi connectivity index (χ1n) is 19.0. The fourth-order valence-electron chi connectivity index (χ4n) is 7.26. The molecule has 2 aliphatic rings. The molecule has 2 aliphatic heterocycles. The van der Waals surface area contributed by atoms with Crippen LogP contribution in [0.5, 0.6) is 34.5 Å². The van der Waals surface area contributed by atoms with Gasteiger partial charge in [0.1, 0.15) is 24.5 Å². The Bertz CT molecular complexity index is 1700. The predicted molar refractivity (Wildman–Crippen MR) is 209 cm³/mol. The van der Waals surface area contributed by atoms with E-state index >= 15 is 0 Å². The number of rotatable bonds is 19. The smallest absolute Gasteiger partial charge is 0.329 e. The largest absolute Gasteiger partial charge is 0.493 e. The van der Waals surface area contributed by atoms with Gasteiger partial charge in [-0.3, -0.25) is 9.69 Å². The first kappa shape index (κ1) is 41.2. The first-order valence-corrected chi connectivity index (χ1v) is 19.0. The van der Waals surface area contributed by atoms with E-state index in [1.165, 1.54) is 21.3 Å². The zero-order valence-corrected chi connectivity index (χ0v) is 32.9. The molecule has 3 atom stereocenters. The molecule has 0 aliphatic carbocycles. The van der Waals surface area contributed by atoms with E-state index in [2.05, 4.69) is 11.5 Å². The van der Waals surface area contributed by atoms with Gasteiger partial charge in [-0.15, -0.1) is 6.58 Å². The highest BCUT2D eigenvalue weighted by Gasteiger charge is 2.38. The number of ether oxygens (including phenoxy) is 8. The Labute approximate surface area is 325 Å². The molecule has 0 radical (unpaired) electrons. The Balaban J connectivity index is 1.38. The third-order valence-electron chi connectivity index (χ3n) is 10.3. The van der Waals surface area contributed by atoms with Crippen molar-refractivity contribution in [3.8, 4) is 34.5 Å². The summed E-state index contributed by atoms with van der Waals surface area (Å²) >= 11 is 0.